The highest BCUT2D eigenvalue weighted by atomic mass is 16.3. The van der Waals surface area contributed by atoms with Gasteiger partial charge in [-0.05, 0) is 24.6 Å². The number of hydrogen-bond donors (Lipinski definition) is 2. The lowest BCUT2D eigenvalue weighted by Gasteiger charge is -2.36. The molecule has 0 bridgehead atoms. The molecule has 1 unspecified atom stereocenters. The summed E-state index contributed by atoms with van der Waals surface area (Å²) in [5, 5.41) is 12.2. The van der Waals surface area contributed by atoms with Gasteiger partial charge >= 0.3 is 0 Å². The van der Waals surface area contributed by atoms with E-state index >= 15 is 0 Å². The highest BCUT2D eigenvalue weighted by Gasteiger charge is 2.33. The van der Waals surface area contributed by atoms with Crippen LogP contribution in [-0.2, 0) is 9.59 Å². The molecule has 0 saturated carbocycles. The minimum atomic E-state index is -0.358. The number of imide groups is 1. The SMILES string of the molecule is O=C1CCC(N2CC=C(O)c3ccccc32)C(=O)N1. The van der Waals surface area contributed by atoms with E-state index in [0.29, 0.717) is 19.4 Å². The van der Waals surface area contributed by atoms with Crippen LogP contribution in [0.5, 0.6) is 0 Å². The van der Waals surface area contributed by atoms with Gasteiger partial charge in [-0.1, -0.05) is 12.1 Å². The topological polar surface area (TPSA) is 69.6 Å². The molecule has 5 nitrogen and oxygen atoms in total. The Labute approximate surface area is 110 Å². The first kappa shape index (κ1) is 11.8. The number of hydrogen-bond acceptors (Lipinski definition) is 4. The smallest absolute Gasteiger partial charge is 0.249 e. The molecule has 2 N–H and O–H groups in total. The number of benzene rings is 1. The normalized spacial score (nSPS) is 22.6. The number of nitrogens with zero attached hydrogens (tertiary/aromatic N) is 1. The van der Waals surface area contributed by atoms with Crippen LogP contribution in [0.3, 0.4) is 0 Å². The second kappa shape index (κ2) is 4.42. The average Bonchev–Trinajstić information content (AvgIpc) is 2.41. The molecule has 0 radical (unpaired) electrons. The first-order valence-corrected chi connectivity index (χ1v) is 6.25. The molecule has 1 aromatic rings. The van der Waals surface area contributed by atoms with Crippen LogP contribution in [0.2, 0.25) is 0 Å². The van der Waals surface area contributed by atoms with Gasteiger partial charge in [0.25, 0.3) is 0 Å². The number of amides is 2. The number of rotatable bonds is 1. The summed E-state index contributed by atoms with van der Waals surface area (Å²) in [5.41, 5.74) is 1.55. The van der Waals surface area contributed by atoms with E-state index in [0.717, 1.165) is 11.3 Å². The van der Waals surface area contributed by atoms with Gasteiger partial charge in [-0.3, -0.25) is 14.9 Å². The minimum absolute atomic E-state index is 0.218. The fourth-order valence-corrected chi connectivity index (χ4v) is 2.61. The molecule has 0 aromatic heterocycles. The average molecular weight is 258 g/mol. The van der Waals surface area contributed by atoms with Crippen molar-refractivity contribution in [3.63, 3.8) is 0 Å². The van der Waals surface area contributed by atoms with E-state index < -0.39 is 0 Å². The lowest BCUT2D eigenvalue weighted by atomic mass is 9.99. The maximum absolute atomic E-state index is 11.9. The van der Waals surface area contributed by atoms with Crippen molar-refractivity contribution < 1.29 is 14.7 Å². The number of carbonyl (C=O) groups is 2. The zero-order chi connectivity index (χ0) is 13.4. The van der Waals surface area contributed by atoms with E-state index in [-0.39, 0.29) is 23.6 Å². The zero-order valence-corrected chi connectivity index (χ0v) is 10.3. The number of aliphatic hydroxyl groups is 1. The number of carbonyl (C=O) groups excluding carboxylic acids is 2. The van der Waals surface area contributed by atoms with Crippen LogP contribution in [-0.4, -0.2) is 29.5 Å². The molecule has 5 heteroatoms. The molecule has 2 aliphatic heterocycles. The van der Waals surface area contributed by atoms with Crippen LogP contribution >= 0.6 is 0 Å². The lowest BCUT2D eigenvalue weighted by Crippen LogP contribution is -2.53. The van der Waals surface area contributed by atoms with E-state index in [1.54, 1.807) is 6.08 Å². The van der Waals surface area contributed by atoms with Crippen molar-refractivity contribution in [2.24, 2.45) is 0 Å². The molecule has 2 heterocycles. The first-order valence-electron chi connectivity index (χ1n) is 6.25. The molecule has 2 aliphatic rings. The van der Waals surface area contributed by atoms with Crippen molar-refractivity contribution >= 4 is 23.3 Å². The molecule has 0 spiro atoms. The monoisotopic (exact) mass is 258 g/mol. The Bertz CT molecular complexity index is 580. The van der Waals surface area contributed by atoms with Gasteiger partial charge in [0, 0.05) is 24.2 Å². The quantitative estimate of drug-likeness (QED) is 0.743. The second-order valence-corrected chi connectivity index (χ2v) is 4.73. The number of para-hydroxylation sites is 1. The van der Waals surface area contributed by atoms with Crippen molar-refractivity contribution in [3.8, 4) is 0 Å². The number of anilines is 1. The third kappa shape index (κ3) is 1.97. The Hall–Kier alpha value is -2.30. The van der Waals surface area contributed by atoms with Gasteiger partial charge < -0.3 is 10.0 Å². The van der Waals surface area contributed by atoms with Gasteiger partial charge in [0.1, 0.15) is 11.8 Å². The molecule has 3 rings (SSSR count). The molecule has 1 fully saturated rings. The minimum Gasteiger partial charge on any atom is -0.508 e. The van der Waals surface area contributed by atoms with Crippen molar-refractivity contribution in [2.75, 3.05) is 11.4 Å². The second-order valence-electron chi connectivity index (χ2n) is 4.73. The summed E-state index contributed by atoms with van der Waals surface area (Å²) in [6, 6.07) is 7.05. The third-order valence-corrected chi connectivity index (χ3v) is 3.56. The number of aliphatic hydroxyl groups excluding tert-OH is 1. The van der Waals surface area contributed by atoms with E-state index in [1.807, 2.05) is 29.2 Å². The standard InChI is InChI=1S/C14H14N2O3/c17-12-7-8-16(10-4-2-1-3-9(10)12)11-5-6-13(18)15-14(11)19/h1-4,7,11,17H,5-6,8H2,(H,15,18,19). The van der Waals surface area contributed by atoms with Crippen LogP contribution in [0.4, 0.5) is 5.69 Å². The van der Waals surface area contributed by atoms with E-state index in [4.69, 9.17) is 0 Å². The summed E-state index contributed by atoms with van der Waals surface area (Å²) in [5.74, 6) is -0.245. The van der Waals surface area contributed by atoms with Crippen LogP contribution < -0.4 is 10.2 Å². The van der Waals surface area contributed by atoms with E-state index in [9.17, 15) is 14.7 Å². The molecule has 0 aliphatic carbocycles. The van der Waals surface area contributed by atoms with E-state index in [1.165, 1.54) is 0 Å². The number of fused-ring (bicyclic) bond motifs is 1. The lowest BCUT2D eigenvalue weighted by molar-refractivity contribution is -0.134. The Balaban J connectivity index is 1.95. The van der Waals surface area contributed by atoms with E-state index in [2.05, 4.69) is 5.32 Å². The van der Waals surface area contributed by atoms with Gasteiger partial charge in [0.15, 0.2) is 0 Å². The van der Waals surface area contributed by atoms with Crippen molar-refractivity contribution in [2.45, 2.75) is 18.9 Å². The summed E-state index contributed by atoms with van der Waals surface area (Å²) in [4.78, 5) is 25.1. The van der Waals surface area contributed by atoms with Crippen molar-refractivity contribution in [3.05, 3.63) is 35.9 Å². The largest absolute Gasteiger partial charge is 0.508 e. The molecule has 2 amide bonds. The van der Waals surface area contributed by atoms with Crippen LogP contribution in [0.1, 0.15) is 18.4 Å². The van der Waals surface area contributed by atoms with Crippen LogP contribution in [0.15, 0.2) is 30.3 Å². The zero-order valence-electron chi connectivity index (χ0n) is 10.3. The summed E-state index contributed by atoms with van der Waals surface area (Å²) in [6.07, 6.45) is 2.55. The summed E-state index contributed by atoms with van der Waals surface area (Å²) >= 11 is 0. The molecule has 1 atom stereocenters. The highest BCUT2D eigenvalue weighted by molar-refractivity contribution is 6.02. The maximum Gasteiger partial charge on any atom is 0.249 e. The molecule has 98 valence electrons. The number of nitrogens with one attached hydrogen (secondary N) is 1. The fraction of sp³-hybridized carbons (Fsp3) is 0.286. The van der Waals surface area contributed by atoms with Gasteiger partial charge in [-0.15, -0.1) is 0 Å². The predicted molar refractivity (Wildman–Crippen MR) is 70.6 cm³/mol. The predicted octanol–water partition coefficient (Wildman–Crippen LogP) is 1.21. The van der Waals surface area contributed by atoms with Gasteiger partial charge in [0.05, 0.1) is 0 Å². The summed E-state index contributed by atoms with van der Waals surface area (Å²) in [6.45, 7) is 0.467. The van der Waals surface area contributed by atoms with Gasteiger partial charge in [0.2, 0.25) is 11.8 Å². The molecule has 1 aromatic carbocycles. The summed E-state index contributed by atoms with van der Waals surface area (Å²) in [7, 11) is 0. The molecule has 19 heavy (non-hydrogen) atoms. The number of piperidine rings is 1. The van der Waals surface area contributed by atoms with Gasteiger partial charge in [-0.2, -0.15) is 0 Å². The maximum atomic E-state index is 11.9. The third-order valence-electron chi connectivity index (χ3n) is 3.56. The van der Waals surface area contributed by atoms with Crippen molar-refractivity contribution in [1.29, 1.82) is 0 Å². The molecular weight excluding hydrogens is 244 g/mol. The first-order chi connectivity index (χ1) is 9.16. The fourth-order valence-electron chi connectivity index (χ4n) is 2.61. The Morgan fingerprint density at radius 2 is 2.05 bits per heavy atom. The Kier molecular flexibility index (Phi) is 2.74. The highest BCUT2D eigenvalue weighted by Crippen LogP contribution is 2.32. The Morgan fingerprint density at radius 1 is 1.26 bits per heavy atom. The molecular formula is C14H14N2O3. The Morgan fingerprint density at radius 3 is 2.84 bits per heavy atom. The van der Waals surface area contributed by atoms with Gasteiger partial charge in [-0.25, -0.2) is 0 Å². The summed E-state index contributed by atoms with van der Waals surface area (Å²) < 4.78 is 0. The molecule has 1 saturated heterocycles. The van der Waals surface area contributed by atoms with Crippen molar-refractivity contribution in [1.82, 2.24) is 5.32 Å². The van der Waals surface area contributed by atoms with Crippen LogP contribution in [0.25, 0.3) is 5.76 Å². The van der Waals surface area contributed by atoms with Crippen LogP contribution in [0, 0.1) is 0 Å².